The molecule has 0 amide bonds. The summed E-state index contributed by atoms with van der Waals surface area (Å²) in [5, 5.41) is 154. The average Bonchev–Trinajstić information content (AvgIpc) is 3.54. The highest BCUT2D eigenvalue weighted by molar-refractivity contribution is 5.73. The summed E-state index contributed by atoms with van der Waals surface area (Å²) in [6.45, 7) is 15.1. The molecule has 8 fully saturated rings. The molecule has 77 heavy (non-hydrogen) atoms. The zero-order valence-electron chi connectivity index (χ0n) is 45.4. The minimum absolute atomic E-state index is 0.0203. The van der Waals surface area contributed by atoms with E-state index in [0.29, 0.717) is 19.3 Å². The number of aliphatic hydroxyl groups excluding tert-OH is 13. The van der Waals surface area contributed by atoms with Crippen molar-refractivity contribution < 1.29 is 114 Å². The van der Waals surface area contributed by atoms with Gasteiger partial charge in [-0.25, -0.2) is 4.79 Å². The van der Waals surface area contributed by atoms with Crippen LogP contribution in [0.1, 0.15) is 113 Å². The Morgan fingerprint density at radius 2 is 1.13 bits per heavy atom. The smallest absolute Gasteiger partial charge is 0.335 e. The van der Waals surface area contributed by atoms with Crippen LogP contribution in [0.2, 0.25) is 0 Å². The van der Waals surface area contributed by atoms with Crippen molar-refractivity contribution in [3.8, 4) is 0 Å². The van der Waals surface area contributed by atoms with E-state index in [2.05, 4.69) is 47.6 Å². The summed E-state index contributed by atoms with van der Waals surface area (Å²) in [5.41, 5.74) is -0.457. The van der Waals surface area contributed by atoms with Crippen LogP contribution in [0.3, 0.4) is 0 Å². The quantitative estimate of drug-likeness (QED) is 0.0783. The highest BCUT2D eigenvalue weighted by atomic mass is 16.8. The lowest BCUT2D eigenvalue weighted by atomic mass is 9.33. The number of carboxylic acids is 1. The first-order valence-corrected chi connectivity index (χ1v) is 27.8. The van der Waals surface area contributed by atoms with E-state index in [1.54, 1.807) is 0 Å². The van der Waals surface area contributed by atoms with E-state index in [0.717, 1.165) is 38.5 Å². The number of carboxylic acid groups (broad SMARTS) is 1. The highest BCUT2D eigenvalue weighted by Gasteiger charge is 2.70. The van der Waals surface area contributed by atoms with Crippen molar-refractivity contribution in [1.82, 2.24) is 0 Å². The molecule has 442 valence electrons. The molecule has 9 aliphatic rings. The van der Waals surface area contributed by atoms with Crippen LogP contribution in [0.4, 0.5) is 0 Å². The largest absolute Gasteiger partial charge is 0.479 e. The van der Waals surface area contributed by atoms with Crippen LogP contribution < -0.4 is 0 Å². The minimum atomic E-state index is -2.21. The number of hydrogen-bond donors (Lipinski definition) is 14. The lowest BCUT2D eigenvalue weighted by Gasteiger charge is -2.72. The Labute approximate surface area is 449 Å². The number of aliphatic carboxylic acids is 1. The van der Waals surface area contributed by atoms with Crippen LogP contribution in [0.5, 0.6) is 0 Å². The summed E-state index contributed by atoms with van der Waals surface area (Å²) in [7, 11) is 0. The van der Waals surface area contributed by atoms with Gasteiger partial charge in [-0.2, -0.15) is 0 Å². The molecule has 4 aliphatic heterocycles. The Kier molecular flexibility index (Phi) is 16.8. The van der Waals surface area contributed by atoms with E-state index in [1.807, 2.05) is 6.92 Å². The Hall–Kier alpha value is -1.63. The second-order valence-electron chi connectivity index (χ2n) is 26.4. The first kappa shape index (κ1) is 60.0. The Morgan fingerprint density at radius 1 is 0.571 bits per heavy atom. The molecule has 7 unspecified atom stereocenters. The number of carbonyl (C=O) groups is 1. The lowest BCUT2D eigenvalue weighted by molar-refractivity contribution is -0.401. The van der Waals surface area contributed by atoms with Crippen molar-refractivity contribution in [3.63, 3.8) is 0 Å². The van der Waals surface area contributed by atoms with Gasteiger partial charge in [0.25, 0.3) is 0 Å². The van der Waals surface area contributed by atoms with Crippen molar-refractivity contribution in [3.05, 3.63) is 11.6 Å². The van der Waals surface area contributed by atoms with E-state index < -0.39 is 160 Å². The summed E-state index contributed by atoms with van der Waals surface area (Å²) in [5.74, 6) is -1.47. The zero-order valence-corrected chi connectivity index (χ0v) is 45.4. The molecule has 9 rings (SSSR count). The summed E-state index contributed by atoms with van der Waals surface area (Å²) < 4.78 is 48.3. The Balaban J connectivity index is 1.02. The van der Waals surface area contributed by atoms with Gasteiger partial charge >= 0.3 is 5.97 Å². The van der Waals surface area contributed by atoms with Crippen LogP contribution in [0.15, 0.2) is 11.6 Å². The number of hydrogen-bond acceptors (Lipinski definition) is 22. The number of ether oxygens (including phenoxy) is 8. The fraction of sp³-hybridized carbons (Fsp3) is 0.944. The van der Waals surface area contributed by atoms with Gasteiger partial charge in [0.1, 0.15) is 85.5 Å². The molecule has 0 radical (unpaired) electrons. The van der Waals surface area contributed by atoms with Crippen molar-refractivity contribution in [1.29, 1.82) is 0 Å². The van der Waals surface area contributed by atoms with Crippen LogP contribution >= 0.6 is 0 Å². The monoisotopic (exact) mass is 1100 g/mol. The molecule has 0 spiro atoms. The van der Waals surface area contributed by atoms with Gasteiger partial charge in [0.05, 0.1) is 38.1 Å². The number of fused-ring (bicyclic) bond motifs is 7. The summed E-state index contributed by atoms with van der Waals surface area (Å²) in [4.78, 5) is 13.4. The van der Waals surface area contributed by atoms with Gasteiger partial charge in [0, 0.05) is 10.8 Å². The summed E-state index contributed by atoms with van der Waals surface area (Å²) in [6.07, 6.45) is -29.4. The molecule has 30 atom stereocenters. The molecular weight excluding hydrogens is 1020 g/mol. The van der Waals surface area contributed by atoms with Gasteiger partial charge in [0.2, 0.25) is 0 Å². The predicted molar refractivity (Wildman–Crippen MR) is 263 cm³/mol. The van der Waals surface area contributed by atoms with Crippen molar-refractivity contribution in [2.75, 3.05) is 19.8 Å². The lowest BCUT2D eigenvalue weighted by Crippen LogP contribution is -2.69. The van der Waals surface area contributed by atoms with E-state index in [1.165, 1.54) is 12.5 Å². The maximum Gasteiger partial charge on any atom is 0.335 e. The SMILES string of the molecule is C[C@@H]1OC(O[C@H]2C(O[C@H]3[C@H](O)[C@@H](OC4O[C@H](CO)[C@@H](O)[C@H](O)[C@H]4O)C(O[C@H]4CC[C@@]5(C)C(CC[C@]6(C)C5CC=C5C7CC(C)(C)C[C@@H](O)[C@]7(C)CC[C@]56C)[C@@]4(C)CO)O[C@@H]3C(=O)O)O[C@H](CO)[C@@H](O)[C@@H]2O)[C@H](O)[C@H](O)[C@H]1O. The number of rotatable bonds is 12. The highest BCUT2D eigenvalue weighted by Crippen LogP contribution is 2.76. The average molecular weight is 1110 g/mol. The normalized spacial score (nSPS) is 55.7. The molecule has 23 nitrogen and oxygen atoms in total. The minimum Gasteiger partial charge on any atom is -0.479 e. The molecule has 0 bridgehead atoms. The van der Waals surface area contributed by atoms with Crippen LogP contribution in [-0.4, -0.2) is 232 Å². The third-order valence-electron chi connectivity index (χ3n) is 21.6. The van der Waals surface area contributed by atoms with Gasteiger partial charge in [-0.1, -0.05) is 60.1 Å². The van der Waals surface area contributed by atoms with Crippen molar-refractivity contribution >= 4 is 5.97 Å². The fourth-order valence-electron chi connectivity index (χ4n) is 16.6. The second-order valence-corrected chi connectivity index (χ2v) is 26.4. The molecule has 4 saturated carbocycles. The van der Waals surface area contributed by atoms with Crippen molar-refractivity contribution in [2.24, 2.45) is 50.2 Å². The van der Waals surface area contributed by atoms with Crippen LogP contribution in [-0.2, 0) is 42.7 Å². The molecule has 0 aromatic carbocycles. The van der Waals surface area contributed by atoms with E-state index in [4.69, 9.17) is 37.9 Å². The van der Waals surface area contributed by atoms with Gasteiger partial charge < -0.3 is 109 Å². The second kappa shape index (κ2) is 21.5. The fourth-order valence-corrected chi connectivity index (χ4v) is 16.6. The standard InChI is InChI=1S/C54H88O23/c1-22-31(59)34(62)37(65)45(70-22)75-41-36(64)33(61)26(20-56)72-47(41)74-40-39(67)42(76-46-38(66)35(63)32(60)25(19-55)71-46)48(77-43(40)44(68)69)73-30-12-13-51(5)27(52(30,6)21-57)11-14-54(8)28(51)10-9-23-24-17-49(2,3)18-29(58)50(24,4)15-16-53(23,54)7/h9,22,24-43,45-48,55-67H,10-21H2,1-8H3,(H,68,69)/t22-,24?,25+,26+,27?,28?,29+,30-,31-,32+,33+,34+,35-,36-,37+,38+,39-,40-,41+,42+,43-,45?,46?,47?,48?,50+,51-,52+,53+,54+/m0/s1. The summed E-state index contributed by atoms with van der Waals surface area (Å²) in [6, 6.07) is 0. The molecular formula is C54H88O23. The number of aliphatic hydroxyl groups is 13. The zero-order chi connectivity index (χ0) is 56.4. The Bertz CT molecular complexity index is 2130. The maximum atomic E-state index is 13.4. The number of allylic oxidation sites excluding steroid dienone is 2. The Morgan fingerprint density at radius 3 is 1.74 bits per heavy atom. The summed E-state index contributed by atoms with van der Waals surface area (Å²) >= 11 is 0. The molecule has 23 heteroatoms. The van der Waals surface area contributed by atoms with Gasteiger partial charge in [-0.3, -0.25) is 0 Å². The van der Waals surface area contributed by atoms with Gasteiger partial charge in [0.15, 0.2) is 31.3 Å². The molecule has 14 N–H and O–H groups in total. The van der Waals surface area contributed by atoms with Crippen LogP contribution in [0, 0.1) is 50.2 Å². The van der Waals surface area contributed by atoms with Gasteiger partial charge in [-0.15, -0.1) is 0 Å². The third-order valence-corrected chi connectivity index (χ3v) is 21.6. The van der Waals surface area contributed by atoms with E-state index >= 15 is 0 Å². The maximum absolute atomic E-state index is 13.4. The molecule has 5 aliphatic carbocycles. The van der Waals surface area contributed by atoms with E-state index in [-0.39, 0.29) is 51.4 Å². The van der Waals surface area contributed by atoms with Crippen molar-refractivity contribution in [2.45, 2.75) is 248 Å². The molecule has 4 saturated heterocycles. The van der Waals surface area contributed by atoms with Crippen LogP contribution in [0.25, 0.3) is 0 Å². The molecule has 4 heterocycles. The first-order valence-electron chi connectivity index (χ1n) is 27.8. The topological polar surface area (TPSA) is 374 Å². The third kappa shape index (κ3) is 9.70. The first-order chi connectivity index (χ1) is 36.0. The van der Waals surface area contributed by atoms with E-state index in [9.17, 15) is 76.3 Å². The molecule has 0 aromatic heterocycles. The van der Waals surface area contributed by atoms with Gasteiger partial charge in [-0.05, 0) is 104 Å². The predicted octanol–water partition coefficient (Wildman–Crippen LogP) is -1.47. The molecule has 0 aromatic rings.